The molecule has 1 heterocycles. The van der Waals surface area contributed by atoms with Gasteiger partial charge in [-0.15, -0.1) is 0 Å². The van der Waals surface area contributed by atoms with Crippen LogP contribution in [-0.2, 0) is 10.1 Å². The molecular formula is C14H22N2O4S. The summed E-state index contributed by atoms with van der Waals surface area (Å²) >= 11 is 0. The first-order chi connectivity index (χ1) is 9.77. The van der Waals surface area contributed by atoms with E-state index in [1.165, 1.54) is 6.07 Å². The molecular weight excluding hydrogens is 292 g/mol. The zero-order valence-corrected chi connectivity index (χ0v) is 13.3. The van der Waals surface area contributed by atoms with Crippen LogP contribution in [-0.4, -0.2) is 54.2 Å². The van der Waals surface area contributed by atoms with Crippen LogP contribution in [0.4, 0.5) is 0 Å². The highest BCUT2D eigenvalue weighted by atomic mass is 32.2. The minimum absolute atomic E-state index is 0.0278. The van der Waals surface area contributed by atoms with Crippen molar-refractivity contribution in [2.45, 2.75) is 24.9 Å². The van der Waals surface area contributed by atoms with E-state index in [-0.39, 0.29) is 11.5 Å². The van der Waals surface area contributed by atoms with Gasteiger partial charge in [-0.1, -0.05) is 18.2 Å². The number of aryl methyl sites for hydroxylation is 1. The second-order valence-corrected chi connectivity index (χ2v) is 6.19. The number of hydrogen-bond donors (Lipinski definition) is 2. The summed E-state index contributed by atoms with van der Waals surface area (Å²) in [7, 11) is -2.01. The second-order valence-electron chi connectivity index (χ2n) is 4.80. The lowest BCUT2D eigenvalue weighted by atomic mass is 10.2. The third-order valence-corrected chi connectivity index (χ3v) is 4.31. The Hall–Kier alpha value is -1.57. The average Bonchev–Trinajstić information content (AvgIpc) is 2.71. The summed E-state index contributed by atoms with van der Waals surface area (Å²) in [5, 5.41) is 8.64. The van der Waals surface area contributed by atoms with Crippen LogP contribution in [0.5, 0.6) is 0 Å². The topological polar surface area (TPSA) is 81.1 Å². The minimum Gasteiger partial charge on any atom is -0.395 e. The molecule has 0 spiro atoms. The number of hydrogen-bond acceptors (Lipinski definition) is 5. The van der Waals surface area contributed by atoms with Crippen molar-refractivity contribution in [3.8, 4) is 0 Å². The maximum Gasteiger partial charge on any atom is 0.294 e. The van der Waals surface area contributed by atoms with E-state index in [1.54, 1.807) is 25.1 Å². The van der Waals surface area contributed by atoms with Crippen LogP contribution in [0.15, 0.2) is 41.6 Å². The molecule has 2 rings (SSSR count). The zero-order chi connectivity index (χ0) is 16.0. The van der Waals surface area contributed by atoms with Gasteiger partial charge in [-0.2, -0.15) is 8.42 Å². The monoisotopic (exact) mass is 314 g/mol. The molecule has 0 bridgehead atoms. The van der Waals surface area contributed by atoms with Crippen molar-refractivity contribution in [3.63, 3.8) is 0 Å². The van der Waals surface area contributed by atoms with Gasteiger partial charge < -0.3 is 14.9 Å². The summed E-state index contributed by atoms with van der Waals surface area (Å²) in [5.41, 5.74) is 0.551. The summed E-state index contributed by atoms with van der Waals surface area (Å²) in [6.45, 7) is 4.68. The largest absolute Gasteiger partial charge is 0.395 e. The van der Waals surface area contributed by atoms with Gasteiger partial charge in [0.05, 0.1) is 17.7 Å². The normalized spacial score (nSPS) is 17.7. The third kappa shape index (κ3) is 5.04. The van der Waals surface area contributed by atoms with Crippen molar-refractivity contribution in [1.82, 2.24) is 9.80 Å². The lowest BCUT2D eigenvalue weighted by Crippen LogP contribution is -2.35. The highest BCUT2D eigenvalue weighted by Gasteiger charge is 2.16. The summed E-state index contributed by atoms with van der Waals surface area (Å²) in [4.78, 5) is 4.18. The third-order valence-electron chi connectivity index (χ3n) is 3.29. The van der Waals surface area contributed by atoms with Gasteiger partial charge in [0.2, 0.25) is 0 Å². The number of benzene rings is 1. The number of β-amino-alcohol motifs (C(OH)–C–C–N with tert-alkyl or cyclic N) is 1. The van der Waals surface area contributed by atoms with Crippen molar-refractivity contribution >= 4 is 10.1 Å². The maximum atomic E-state index is 10.6. The van der Waals surface area contributed by atoms with Crippen LogP contribution in [0.25, 0.3) is 0 Å². The first-order valence-corrected chi connectivity index (χ1v) is 8.01. The summed E-state index contributed by atoms with van der Waals surface area (Å²) in [6, 6.07) is 6.27. The first kappa shape index (κ1) is 17.5. The van der Waals surface area contributed by atoms with E-state index in [0.717, 1.165) is 6.54 Å². The van der Waals surface area contributed by atoms with E-state index >= 15 is 0 Å². The average molecular weight is 314 g/mol. The predicted octanol–water partition coefficient (Wildman–Crippen LogP) is 1.29. The van der Waals surface area contributed by atoms with Gasteiger partial charge >= 0.3 is 0 Å². The van der Waals surface area contributed by atoms with E-state index in [9.17, 15) is 8.42 Å². The zero-order valence-electron chi connectivity index (χ0n) is 12.5. The van der Waals surface area contributed by atoms with Gasteiger partial charge in [-0.3, -0.25) is 4.55 Å². The molecule has 1 aromatic carbocycles. The van der Waals surface area contributed by atoms with Crippen molar-refractivity contribution < 1.29 is 18.1 Å². The van der Waals surface area contributed by atoms with Gasteiger partial charge in [-0.25, -0.2) is 0 Å². The van der Waals surface area contributed by atoms with Crippen LogP contribution < -0.4 is 0 Å². The lowest BCUT2D eigenvalue weighted by Gasteiger charge is -2.26. The van der Waals surface area contributed by atoms with Crippen LogP contribution >= 0.6 is 0 Å². The van der Waals surface area contributed by atoms with E-state index in [1.807, 2.05) is 19.4 Å². The molecule has 1 atom stereocenters. The molecule has 0 saturated heterocycles. The van der Waals surface area contributed by atoms with Crippen LogP contribution in [0, 0.1) is 6.92 Å². The van der Waals surface area contributed by atoms with Crippen molar-refractivity contribution in [1.29, 1.82) is 0 Å². The highest BCUT2D eigenvalue weighted by Crippen LogP contribution is 2.12. The summed E-state index contributed by atoms with van der Waals surface area (Å²) < 4.78 is 29.9. The van der Waals surface area contributed by atoms with Gasteiger partial charge in [-0.05, 0) is 25.5 Å². The van der Waals surface area contributed by atoms with Crippen LogP contribution in [0.1, 0.15) is 12.5 Å². The summed E-state index contributed by atoms with van der Waals surface area (Å²) in [6.07, 6.45) is 4.41. The molecule has 0 fully saturated rings. The molecule has 1 aromatic rings. The molecule has 0 aliphatic carbocycles. The molecule has 6 nitrogen and oxygen atoms in total. The van der Waals surface area contributed by atoms with Crippen LogP contribution in [0.2, 0.25) is 0 Å². The number of nitrogens with zero attached hydrogens (tertiary/aromatic N) is 2. The molecule has 21 heavy (non-hydrogen) atoms. The van der Waals surface area contributed by atoms with E-state index in [4.69, 9.17) is 9.66 Å². The van der Waals surface area contributed by atoms with Crippen molar-refractivity contribution in [2.75, 3.05) is 20.2 Å². The fraction of sp³-hybridized carbons (Fsp3) is 0.429. The fourth-order valence-electron chi connectivity index (χ4n) is 1.90. The number of aliphatic hydroxyl groups is 1. The Balaban J connectivity index is 0.000000211. The molecule has 118 valence electrons. The van der Waals surface area contributed by atoms with E-state index in [0.29, 0.717) is 11.7 Å². The van der Waals surface area contributed by atoms with Gasteiger partial charge in [0.15, 0.2) is 0 Å². The summed E-state index contributed by atoms with van der Waals surface area (Å²) in [5.74, 6) is 0. The van der Waals surface area contributed by atoms with Gasteiger partial charge in [0.25, 0.3) is 10.1 Å². The van der Waals surface area contributed by atoms with E-state index in [2.05, 4.69) is 16.7 Å². The fourth-order valence-corrected chi connectivity index (χ4v) is 2.62. The van der Waals surface area contributed by atoms with E-state index < -0.39 is 10.1 Å². The first-order valence-electron chi connectivity index (χ1n) is 6.57. The molecule has 1 aliphatic heterocycles. The Labute approximate surface area is 126 Å². The molecule has 7 heteroatoms. The van der Waals surface area contributed by atoms with Crippen molar-refractivity contribution in [2.24, 2.45) is 0 Å². The molecule has 0 saturated carbocycles. The van der Waals surface area contributed by atoms with Crippen molar-refractivity contribution in [3.05, 3.63) is 42.2 Å². The van der Waals surface area contributed by atoms with Gasteiger partial charge in [0, 0.05) is 26.0 Å². The Kier molecular flexibility index (Phi) is 6.19. The molecule has 0 amide bonds. The Morgan fingerprint density at radius 3 is 2.24 bits per heavy atom. The maximum absolute atomic E-state index is 10.6. The molecule has 1 aliphatic rings. The van der Waals surface area contributed by atoms with Crippen LogP contribution in [0.3, 0.4) is 0 Å². The van der Waals surface area contributed by atoms with Gasteiger partial charge in [0.1, 0.15) is 0 Å². The lowest BCUT2D eigenvalue weighted by molar-refractivity contribution is 0.159. The standard InChI is InChI=1S/C7H14N2O.C7H8O3S/c1-7-8(2)3-4-9(7)5-6-10;1-6-4-2-3-5-7(6)11(8,9)10/h3-4,7,10H,5-6H2,1-2H3;2-5H,1H3,(H,8,9,10). The predicted molar refractivity (Wildman–Crippen MR) is 81.2 cm³/mol. The number of aliphatic hydroxyl groups excluding tert-OH is 1. The molecule has 0 radical (unpaired) electrons. The smallest absolute Gasteiger partial charge is 0.294 e. The second kappa shape index (κ2) is 7.44. The number of rotatable bonds is 3. The molecule has 1 unspecified atom stereocenters. The molecule has 2 N–H and O–H groups in total. The highest BCUT2D eigenvalue weighted by molar-refractivity contribution is 7.85. The Bertz CT molecular complexity index is 586. The Morgan fingerprint density at radius 1 is 1.24 bits per heavy atom. The quantitative estimate of drug-likeness (QED) is 0.818. The molecule has 0 aromatic heterocycles. The SMILES string of the molecule is CC1N(C)C=CN1CCO.Cc1ccccc1S(=O)(=O)O. The Morgan fingerprint density at radius 2 is 1.86 bits per heavy atom. The minimum atomic E-state index is -4.03.